The molecule has 0 fully saturated rings. The number of rotatable bonds is 12. The first-order valence-corrected chi connectivity index (χ1v) is 8.95. The molecule has 2 atom stereocenters. The van der Waals surface area contributed by atoms with Gasteiger partial charge in [0.2, 0.25) is 0 Å². The highest BCUT2D eigenvalue weighted by Gasteiger charge is 2.12. The maximum atomic E-state index is 11.2. The normalized spacial score (nSPS) is 17.9. The van der Waals surface area contributed by atoms with Gasteiger partial charge < -0.3 is 33.0 Å². The van der Waals surface area contributed by atoms with E-state index in [1.807, 2.05) is 0 Å². The van der Waals surface area contributed by atoms with Gasteiger partial charge in [-0.25, -0.2) is 0 Å². The minimum atomic E-state index is -4.42. The van der Waals surface area contributed by atoms with Crippen molar-refractivity contribution in [3.63, 3.8) is 0 Å². The first-order chi connectivity index (χ1) is 9.18. The van der Waals surface area contributed by atoms with Gasteiger partial charge in [-0.05, 0) is 26.7 Å². The monoisotopic (exact) mass is 334 g/mol. The quantitative estimate of drug-likeness (QED) is 0.391. The second-order valence-electron chi connectivity index (χ2n) is 3.98. The molecule has 0 aromatic heterocycles. The van der Waals surface area contributed by atoms with Gasteiger partial charge in [0.05, 0.1) is 25.9 Å². The van der Waals surface area contributed by atoms with Gasteiger partial charge in [-0.3, -0.25) is 9.13 Å². The Morgan fingerprint density at radius 1 is 0.950 bits per heavy atom. The Kier molecular flexibility index (Phi) is 10.1. The van der Waals surface area contributed by atoms with Crippen LogP contribution < -0.4 is 9.79 Å². The van der Waals surface area contributed by atoms with E-state index in [1.54, 1.807) is 0 Å². The Hall–Kier alpha value is 0.180. The van der Waals surface area contributed by atoms with Crippen molar-refractivity contribution in [2.75, 3.05) is 26.4 Å². The zero-order chi connectivity index (χ0) is 15.6. The number of aliphatic hydroxyl groups is 1. The molecule has 0 aliphatic rings. The van der Waals surface area contributed by atoms with Crippen molar-refractivity contribution in [1.82, 2.24) is 0 Å². The van der Waals surface area contributed by atoms with E-state index >= 15 is 0 Å². The predicted molar refractivity (Wildman–Crippen MR) is 65.6 cm³/mol. The Balaban J connectivity index is 3.75. The number of phosphoric acid groups is 2. The first-order valence-electron chi connectivity index (χ1n) is 6.03. The van der Waals surface area contributed by atoms with Gasteiger partial charge in [0.15, 0.2) is 0 Å². The molecular formula is C9H20O9P2-2. The lowest BCUT2D eigenvalue weighted by atomic mass is 10.5. The van der Waals surface area contributed by atoms with Crippen LogP contribution in [0, 0.1) is 0 Å². The van der Waals surface area contributed by atoms with E-state index in [4.69, 9.17) is 5.11 Å². The van der Waals surface area contributed by atoms with Crippen LogP contribution in [0.4, 0.5) is 0 Å². The summed E-state index contributed by atoms with van der Waals surface area (Å²) >= 11 is 0. The number of hydrogen-bond donors (Lipinski definition) is 1. The fourth-order valence-electron chi connectivity index (χ4n) is 0.978. The maximum absolute atomic E-state index is 11.2. The van der Waals surface area contributed by atoms with Gasteiger partial charge in [-0.1, -0.05) is 0 Å². The molecule has 0 amide bonds. The van der Waals surface area contributed by atoms with Gasteiger partial charge in [0.1, 0.15) is 0 Å². The molecule has 2 unspecified atom stereocenters. The maximum Gasteiger partial charge on any atom is 0.268 e. The molecule has 20 heavy (non-hydrogen) atoms. The summed E-state index contributed by atoms with van der Waals surface area (Å²) in [4.78, 5) is 22.3. The molecular weight excluding hydrogens is 314 g/mol. The summed E-state index contributed by atoms with van der Waals surface area (Å²) in [5.41, 5.74) is 0. The molecule has 122 valence electrons. The van der Waals surface area contributed by atoms with Crippen LogP contribution >= 0.6 is 15.6 Å². The van der Waals surface area contributed by atoms with E-state index in [2.05, 4.69) is 18.1 Å². The molecule has 0 aromatic carbocycles. The predicted octanol–water partition coefficient (Wildman–Crippen LogP) is 0.170. The van der Waals surface area contributed by atoms with Gasteiger partial charge in [0.25, 0.3) is 15.6 Å². The average molecular weight is 334 g/mol. The third-order valence-corrected chi connectivity index (χ3v) is 3.86. The van der Waals surface area contributed by atoms with Crippen molar-refractivity contribution in [1.29, 1.82) is 0 Å². The highest BCUT2D eigenvalue weighted by Crippen LogP contribution is 2.40. The molecule has 0 saturated carbocycles. The Morgan fingerprint density at radius 3 is 1.85 bits per heavy atom. The number of hydrogen-bond acceptors (Lipinski definition) is 9. The lowest BCUT2D eigenvalue weighted by Gasteiger charge is -2.25. The summed E-state index contributed by atoms with van der Waals surface area (Å²) in [6.45, 7) is 2.17. The van der Waals surface area contributed by atoms with Crippen molar-refractivity contribution in [2.24, 2.45) is 0 Å². The van der Waals surface area contributed by atoms with Crippen LogP contribution in [0.3, 0.4) is 0 Å². The summed E-state index contributed by atoms with van der Waals surface area (Å²) in [5.74, 6) is 0. The third-order valence-electron chi connectivity index (χ3n) is 1.68. The Bertz CT molecular complexity index is 346. The summed E-state index contributed by atoms with van der Waals surface area (Å²) in [6, 6.07) is 0. The lowest BCUT2D eigenvalue weighted by molar-refractivity contribution is -0.228. The standard InChI is InChI=1S/C9H22O9P2/c1-9(2)18-20(13,14)17-8-4-7-16-19(11,12)15-6-3-5-10/h9-10H,3-8H2,1-2H3,(H,11,12)(H,13,14)/p-2. The van der Waals surface area contributed by atoms with Crippen molar-refractivity contribution in [3.8, 4) is 0 Å². The highest BCUT2D eigenvalue weighted by atomic mass is 31.2. The van der Waals surface area contributed by atoms with Crippen LogP contribution in [-0.2, 0) is 27.2 Å². The molecule has 0 aliphatic carbocycles. The molecule has 0 heterocycles. The van der Waals surface area contributed by atoms with Gasteiger partial charge in [0, 0.05) is 6.61 Å². The minimum Gasteiger partial charge on any atom is -0.756 e. The van der Waals surface area contributed by atoms with Crippen molar-refractivity contribution in [2.45, 2.75) is 32.8 Å². The van der Waals surface area contributed by atoms with Crippen LogP contribution in [0.25, 0.3) is 0 Å². The van der Waals surface area contributed by atoms with Gasteiger partial charge in [-0.15, -0.1) is 0 Å². The zero-order valence-corrected chi connectivity index (χ0v) is 13.2. The fourth-order valence-corrected chi connectivity index (χ4v) is 2.69. The lowest BCUT2D eigenvalue weighted by Crippen LogP contribution is -2.14. The molecule has 0 aromatic rings. The molecule has 0 rings (SSSR count). The second kappa shape index (κ2) is 10.00. The highest BCUT2D eigenvalue weighted by molar-refractivity contribution is 7.46. The second-order valence-corrected chi connectivity index (χ2v) is 6.75. The zero-order valence-electron chi connectivity index (χ0n) is 11.4. The van der Waals surface area contributed by atoms with Crippen molar-refractivity contribution >= 4 is 15.6 Å². The smallest absolute Gasteiger partial charge is 0.268 e. The summed E-state index contributed by atoms with van der Waals surface area (Å²) in [5, 5.41) is 8.45. The SMILES string of the molecule is CC(C)OP(=O)([O-])OCCCOP(=O)([O-])OCCCO. The average Bonchev–Trinajstić information content (AvgIpc) is 2.26. The Morgan fingerprint density at radius 2 is 1.40 bits per heavy atom. The van der Waals surface area contributed by atoms with Gasteiger partial charge >= 0.3 is 0 Å². The summed E-state index contributed by atoms with van der Waals surface area (Å²) < 4.78 is 40.2. The molecule has 0 radical (unpaired) electrons. The third kappa shape index (κ3) is 12.0. The molecule has 0 saturated heterocycles. The molecule has 1 N–H and O–H groups in total. The minimum absolute atomic E-state index is 0.0310. The molecule has 9 nitrogen and oxygen atoms in total. The summed E-state index contributed by atoms with van der Waals surface area (Å²) in [6.07, 6.45) is -0.329. The van der Waals surface area contributed by atoms with Crippen molar-refractivity contribution in [3.05, 3.63) is 0 Å². The van der Waals surface area contributed by atoms with E-state index in [9.17, 15) is 18.9 Å². The number of phosphoric ester groups is 2. The van der Waals surface area contributed by atoms with Crippen LogP contribution in [0.2, 0.25) is 0 Å². The Labute approximate surface area is 118 Å². The van der Waals surface area contributed by atoms with E-state index < -0.39 is 21.7 Å². The van der Waals surface area contributed by atoms with E-state index in [0.29, 0.717) is 0 Å². The van der Waals surface area contributed by atoms with Crippen LogP contribution in [0.5, 0.6) is 0 Å². The topological polar surface area (TPSA) is 137 Å². The van der Waals surface area contributed by atoms with Crippen LogP contribution in [-0.4, -0.2) is 37.6 Å². The van der Waals surface area contributed by atoms with Crippen LogP contribution in [0.15, 0.2) is 0 Å². The molecule has 0 spiro atoms. The fraction of sp³-hybridized carbons (Fsp3) is 1.00. The van der Waals surface area contributed by atoms with E-state index in [1.165, 1.54) is 13.8 Å². The van der Waals surface area contributed by atoms with E-state index in [-0.39, 0.29) is 39.3 Å². The number of aliphatic hydroxyl groups excluding tert-OH is 1. The van der Waals surface area contributed by atoms with Gasteiger partial charge in [-0.2, -0.15) is 0 Å². The molecule has 0 aliphatic heterocycles. The van der Waals surface area contributed by atoms with Crippen molar-refractivity contribution < 1.29 is 42.1 Å². The van der Waals surface area contributed by atoms with Crippen LogP contribution in [0.1, 0.15) is 26.7 Å². The largest absolute Gasteiger partial charge is 0.756 e. The van der Waals surface area contributed by atoms with E-state index in [0.717, 1.165) is 0 Å². The molecule has 11 heteroatoms. The summed E-state index contributed by atoms with van der Waals surface area (Å²) in [7, 11) is -8.78. The first kappa shape index (κ1) is 20.2. The molecule has 0 bridgehead atoms.